The standard InChI is InChI=1S/C21H26ClF3N4O2/c1-15-18(20(22)31-27-15)6-7-19(30)26-8-3-9-28-10-12-29(13-11-28)17-5-2-4-16(14-17)21(23,24)25/h2,4-5,14H,3,6-13H2,1H3,(H,26,30). The summed E-state index contributed by atoms with van der Waals surface area (Å²) in [4.78, 5) is 16.2. The van der Waals surface area contributed by atoms with Crippen molar-refractivity contribution in [2.24, 2.45) is 0 Å². The topological polar surface area (TPSA) is 61.6 Å². The number of aryl methyl sites for hydroxylation is 1. The van der Waals surface area contributed by atoms with Crippen LogP contribution >= 0.6 is 11.6 Å². The number of aromatic nitrogens is 1. The molecular weight excluding hydrogens is 433 g/mol. The van der Waals surface area contributed by atoms with E-state index in [2.05, 4.69) is 15.4 Å². The zero-order valence-electron chi connectivity index (χ0n) is 17.3. The molecule has 1 fully saturated rings. The van der Waals surface area contributed by atoms with Gasteiger partial charge in [0.15, 0.2) is 0 Å². The second-order valence-electron chi connectivity index (χ2n) is 7.60. The summed E-state index contributed by atoms with van der Waals surface area (Å²) >= 11 is 5.90. The molecule has 1 aliphatic heterocycles. The molecule has 1 N–H and O–H groups in total. The normalized spacial score (nSPS) is 15.3. The summed E-state index contributed by atoms with van der Waals surface area (Å²) in [6.45, 7) is 6.08. The highest BCUT2D eigenvalue weighted by Gasteiger charge is 2.31. The molecule has 0 saturated carbocycles. The Balaban J connectivity index is 1.33. The number of anilines is 1. The molecule has 0 radical (unpaired) electrons. The minimum atomic E-state index is -4.33. The molecule has 1 aromatic carbocycles. The third-order valence-electron chi connectivity index (χ3n) is 5.42. The van der Waals surface area contributed by atoms with Crippen molar-refractivity contribution < 1.29 is 22.5 Å². The molecule has 10 heteroatoms. The van der Waals surface area contributed by atoms with Crippen molar-refractivity contribution in [2.45, 2.75) is 32.4 Å². The Kier molecular flexibility index (Phi) is 7.83. The van der Waals surface area contributed by atoms with Crippen LogP contribution in [-0.4, -0.2) is 55.2 Å². The van der Waals surface area contributed by atoms with Crippen LogP contribution in [-0.2, 0) is 17.4 Å². The second kappa shape index (κ2) is 10.4. The number of carbonyl (C=O) groups is 1. The predicted octanol–water partition coefficient (Wildman–Crippen LogP) is 3.92. The average molecular weight is 459 g/mol. The molecule has 2 aromatic rings. The van der Waals surface area contributed by atoms with E-state index in [1.807, 2.05) is 4.90 Å². The van der Waals surface area contributed by atoms with Crippen molar-refractivity contribution >= 4 is 23.2 Å². The molecule has 1 aromatic heterocycles. The van der Waals surface area contributed by atoms with Gasteiger partial charge in [-0.05, 0) is 56.1 Å². The molecule has 1 saturated heterocycles. The van der Waals surface area contributed by atoms with Crippen LogP contribution in [0.15, 0.2) is 28.8 Å². The summed E-state index contributed by atoms with van der Waals surface area (Å²) in [5, 5.41) is 6.90. The van der Waals surface area contributed by atoms with Crippen LogP contribution in [0.4, 0.5) is 18.9 Å². The Morgan fingerprint density at radius 2 is 2.00 bits per heavy atom. The van der Waals surface area contributed by atoms with Crippen LogP contribution < -0.4 is 10.2 Å². The summed E-state index contributed by atoms with van der Waals surface area (Å²) < 4.78 is 43.6. The van der Waals surface area contributed by atoms with Gasteiger partial charge in [-0.3, -0.25) is 9.69 Å². The van der Waals surface area contributed by atoms with Crippen LogP contribution in [0.2, 0.25) is 5.22 Å². The molecule has 1 aliphatic rings. The molecule has 0 bridgehead atoms. The first-order valence-electron chi connectivity index (χ1n) is 10.3. The van der Waals surface area contributed by atoms with Crippen molar-refractivity contribution in [3.8, 4) is 0 Å². The Morgan fingerprint density at radius 3 is 2.65 bits per heavy atom. The lowest BCUT2D eigenvalue weighted by molar-refractivity contribution is -0.137. The lowest BCUT2D eigenvalue weighted by Crippen LogP contribution is -2.47. The zero-order chi connectivity index (χ0) is 22.4. The lowest BCUT2D eigenvalue weighted by Gasteiger charge is -2.36. The summed E-state index contributed by atoms with van der Waals surface area (Å²) in [7, 11) is 0. The maximum atomic E-state index is 12.9. The van der Waals surface area contributed by atoms with E-state index in [1.54, 1.807) is 13.0 Å². The van der Waals surface area contributed by atoms with Gasteiger partial charge in [-0.15, -0.1) is 0 Å². The zero-order valence-corrected chi connectivity index (χ0v) is 18.1. The number of nitrogens with one attached hydrogen (secondary N) is 1. The summed E-state index contributed by atoms with van der Waals surface area (Å²) in [6.07, 6.45) is -2.72. The van der Waals surface area contributed by atoms with Gasteiger partial charge in [0.2, 0.25) is 11.1 Å². The quantitative estimate of drug-likeness (QED) is 0.608. The SMILES string of the molecule is Cc1noc(Cl)c1CCC(=O)NCCCN1CCN(c2cccc(C(F)(F)F)c2)CC1. The van der Waals surface area contributed by atoms with Gasteiger partial charge in [-0.2, -0.15) is 13.2 Å². The Hall–Kier alpha value is -2.26. The third-order valence-corrected chi connectivity index (χ3v) is 5.72. The van der Waals surface area contributed by atoms with E-state index >= 15 is 0 Å². The molecule has 0 atom stereocenters. The average Bonchev–Trinajstić information content (AvgIpc) is 3.07. The van der Waals surface area contributed by atoms with Crippen LogP contribution in [0.1, 0.15) is 29.7 Å². The van der Waals surface area contributed by atoms with Gasteiger partial charge in [-0.25, -0.2) is 0 Å². The van der Waals surface area contributed by atoms with Crippen molar-refractivity contribution in [3.05, 3.63) is 46.3 Å². The van der Waals surface area contributed by atoms with E-state index in [0.29, 0.717) is 43.9 Å². The van der Waals surface area contributed by atoms with E-state index in [0.717, 1.165) is 37.7 Å². The molecular formula is C21H26ClF3N4O2. The fourth-order valence-corrected chi connectivity index (χ4v) is 3.87. The summed E-state index contributed by atoms with van der Waals surface area (Å²) in [5.74, 6) is -0.0500. The number of hydrogen-bond donors (Lipinski definition) is 1. The predicted molar refractivity (Wildman–Crippen MR) is 112 cm³/mol. The van der Waals surface area contributed by atoms with Gasteiger partial charge in [0.05, 0.1) is 11.3 Å². The number of halogens is 4. The van der Waals surface area contributed by atoms with Crippen molar-refractivity contribution in [1.29, 1.82) is 0 Å². The molecule has 0 aliphatic carbocycles. The van der Waals surface area contributed by atoms with Gasteiger partial charge in [0.1, 0.15) is 0 Å². The monoisotopic (exact) mass is 458 g/mol. The smallest absolute Gasteiger partial charge is 0.369 e. The number of piperazine rings is 1. The van der Waals surface area contributed by atoms with Gasteiger partial charge in [-0.1, -0.05) is 11.2 Å². The molecule has 31 heavy (non-hydrogen) atoms. The van der Waals surface area contributed by atoms with Gasteiger partial charge in [0.25, 0.3) is 0 Å². The molecule has 3 rings (SSSR count). The molecule has 170 valence electrons. The Labute approximate surface area is 184 Å². The minimum absolute atomic E-state index is 0.0500. The number of benzene rings is 1. The fourth-order valence-electron chi connectivity index (χ4n) is 3.61. The van der Waals surface area contributed by atoms with Crippen molar-refractivity contribution in [2.75, 3.05) is 44.2 Å². The van der Waals surface area contributed by atoms with E-state index < -0.39 is 11.7 Å². The number of alkyl halides is 3. The largest absolute Gasteiger partial charge is 0.416 e. The Bertz CT molecular complexity index is 860. The number of hydrogen-bond acceptors (Lipinski definition) is 5. The molecule has 1 amide bonds. The van der Waals surface area contributed by atoms with E-state index in [1.165, 1.54) is 12.1 Å². The molecule has 0 spiro atoms. The van der Waals surface area contributed by atoms with Gasteiger partial charge in [0, 0.05) is 50.4 Å². The first kappa shape index (κ1) is 23.4. The van der Waals surface area contributed by atoms with E-state index in [9.17, 15) is 18.0 Å². The fraction of sp³-hybridized carbons (Fsp3) is 0.524. The van der Waals surface area contributed by atoms with Gasteiger partial charge < -0.3 is 14.7 Å². The first-order chi connectivity index (χ1) is 14.7. The molecule has 2 heterocycles. The number of nitrogens with zero attached hydrogens (tertiary/aromatic N) is 3. The summed E-state index contributed by atoms with van der Waals surface area (Å²) in [6, 6.07) is 5.47. The maximum absolute atomic E-state index is 12.9. The highest BCUT2D eigenvalue weighted by molar-refractivity contribution is 6.29. The number of carbonyl (C=O) groups excluding carboxylic acids is 1. The summed E-state index contributed by atoms with van der Waals surface area (Å²) in [5.41, 5.74) is 1.44. The van der Waals surface area contributed by atoms with Crippen LogP contribution in [0.25, 0.3) is 0 Å². The van der Waals surface area contributed by atoms with Crippen molar-refractivity contribution in [3.63, 3.8) is 0 Å². The van der Waals surface area contributed by atoms with E-state index in [-0.39, 0.29) is 11.1 Å². The van der Waals surface area contributed by atoms with Crippen LogP contribution in [0.5, 0.6) is 0 Å². The first-order valence-corrected chi connectivity index (χ1v) is 10.6. The molecule has 6 nitrogen and oxygen atoms in total. The molecule has 0 unspecified atom stereocenters. The van der Waals surface area contributed by atoms with Crippen LogP contribution in [0, 0.1) is 6.92 Å². The minimum Gasteiger partial charge on any atom is -0.369 e. The number of rotatable bonds is 8. The van der Waals surface area contributed by atoms with Crippen LogP contribution in [0.3, 0.4) is 0 Å². The highest BCUT2D eigenvalue weighted by Crippen LogP contribution is 2.31. The third kappa shape index (κ3) is 6.61. The lowest BCUT2D eigenvalue weighted by atomic mass is 10.1. The van der Waals surface area contributed by atoms with Gasteiger partial charge >= 0.3 is 6.18 Å². The Morgan fingerprint density at radius 1 is 1.26 bits per heavy atom. The highest BCUT2D eigenvalue weighted by atomic mass is 35.5. The van der Waals surface area contributed by atoms with Crippen molar-refractivity contribution in [1.82, 2.24) is 15.4 Å². The van der Waals surface area contributed by atoms with E-state index in [4.69, 9.17) is 16.1 Å². The number of amides is 1. The second-order valence-corrected chi connectivity index (χ2v) is 7.94. The maximum Gasteiger partial charge on any atom is 0.416 e.